The van der Waals surface area contributed by atoms with E-state index in [0.717, 1.165) is 5.56 Å². The van der Waals surface area contributed by atoms with E-state index in [1.807, 2.05) is 0 Å². The van der Waals surface area contributed by atoms with E-state index in [0.29, 0.717) is 17.1 Å². The third-order valence-electron chi connectivity index (χ3n) is 4.12. The Bertz CT molecular complexity index is 811. The summed E-state index contributed by atoms with van der Waals surface area (Å²) in [6.07, 6.45) is 0.156. The fourth-order valence-corrected chi connectivity index (χ4v) is 3.07. The molecule has 2 aromatic carbocycles. The SMILES string of the molecule is O=C1CC(C(=O)N[C@H](c2ccc(Cl)cc2)c2ccc(F)c(Cl)c2)CN1. The first-order valence-electron chi connectivity index (χ1n) is 7.71. The molecule has 0 spiro atoms. The summed E-state index contributed by atoms with van der Waals surface area (Å²) in [6, 6.07) is 10.8. The quantitative estimate of drug-likeness (QED) is 0.852. The predicted octanol–water partition coefficient (Wildman–Crippen LogP) is 3.47. The van der Waals surface area contributed by atoms with Crippen molar-refractivity contribution in [3.05, 3.63) is 69.5 Å². The summed E-state index contributed by atoms with van der Waals surface area (Å²) in [5.74, 6) is -1.36. The van der Waals surface area contributed by atoms with Crippen molar-refractivity contribution in [3.63, 3.8) is 0 Å². The predicted molar refractivity (Wildman–Crippen MR) is 94.0 cm³/mol. The fourth-order valence-electron chi connectivity index (χ4n) is 2.76. The second-order valence-electron chi connectivity index (χ2n) is 5.87. The number of carbonyl (C=O) groups is 2. The number of hydrogen-bond donors (Lipinski definition) is 2. The molecule has 1 fully saturated rings. The molecule has 25 heavy (non-hydrogen) atoms. The summed E-state index contributed by atoms with van der Waals surface area (Å²) in [7, 11) is 0. The highest BCUT2D eigenvalue weighted by atomic mass is 35.5. The van der Waals surface area contributed by atoms with Crippen LogP contribution in [0.3, 0.4) is 0 Å². The minimum atomic E-state index is -0.530. The van der Waals surface area contributed by atoms with Crippen LogP contribution in [0.25, 0.3) is 0 Å². The standard InChI is InChI=1S/C18H15Cl2FN2O2/c19-13-4-1-10(2-5-13)17(11-3-6-15(21)14(20)7-11)23-18(25)12-8-16(24)22-9-12/h1-7,12,17H,8-9H2,(H,22,24)(H,23,25)/t12?,17-/m1/s1. The molecule has 0 bridgehead atoms. The molecule has 2 amide bonds. The molecular formula is C18H15Cl2FN2O2. The second kappa shape index (κ2) is 7.42. The van der Waals surface area contributed by atoms with Gasteiger partial charge in [-0.15, -0.1) is 0 Å². The van der Waals surface area contributed by atoms with Crippen molar-refractivity contribution in [2.24, 2.45) is 5.92 Å². The minimum absolute atomic E-state index is 0.0246. The van der Waals surface area contributed by atoms with Gasteiger partial charge in [0, 0.05) is 18.0 Å². The number of rotatable bonds is 4. The smallest absolute Gasteiger partial charge is 0.226 e. The molecule has 1 aliphatic heterocycles. The third kappa shape index (κ3) is 4.11. The van der Waals surface area contributed by atoms with Crippen LogP contribution in [-0.2, 0) is 9.59 Å². The van der Waals surface area contributed by atoms with Gasteiger partial charge >= 0.3 is 0 Å². The lowest BCUT2D eigenvalue weighted by Crippen LogP contribution is -2.35. The van der Waals surface area contributed by atoms with Crippen LogP contribution in [0.4, 0.5) is 4.39 Å². The van der Waals surface area contributed by atoms with Gasteiger partial charge in [0.2, 0.25) is 11.8 Å². The monoisotopic (exact) mass is 380 g/mol. The van der Waals surface area contributed by atoms with Crippen LogP contribution in [0.1, 0.15) is 23.6 Å². The number of halogens is 3. The van der Waals surface area contributed by atoms with Crippen molar-refractivity contribution in [1.82, 2.24) is 10.6 Å². The zero-order valence-corrected chi connectivity index (χ0v) is 14.6. The fraction of sp³-hybridized carbons (Fsp3) is 0.222. The molecule has 3 rings (SSSR count). The number of amides is 2. The molecule has 2 N–H and O–H groups in total. The number of nitrogens with one attached hydrogen (secondary N) is 2. The molecule has 1 saturated heterocycles. The molecule has 0 saturated carbocycles. The molecule has 7 heteroatoms. The Labute approximate surface area is 154 Å². The molecule has 2 aromatic rings. The molecule has 130 valence electrons. The molecule has 1 unspecified atom stereocenters. The Hall–Kier alpha value is -2.11. The van der Waals surface area contributed by atoms with Gasteiger partial charge < -0.3 is 10.6 Å². The molecule has 1 heterocycles. The van der Waals surface area contributed by atoms with E-state index in [1.54, 1.807) is 30.3 Å². The van der Waals surface area contributed by atoms with E-state index in [1.165, 1.54) is 12.1 Å². The van der Waals surface area contributed by atoms with E-state index < -0.39 is 17.8 Å². The van der Waals surface area contributed by atoms with Gasteiger partial charge in [0.25, 0.3) is 0 Å². The van der Waals surface area contributed by atoms with Crippen molar-refractivity contribution >= 4 is 35.0 Å². The number of benzene rings is 2. The summed E-state index contributed by atoms with van der Waals surface area (Å²) >= 11 is 11.8. The Kier molecular flexibility index (Phi) is 5.25. The maximum absolute atomic E-state index is 13.5. The molecule has 0 aromatic heterocycles. The summed E-state index contributed by atoms with van der Waals surface area (Å²) in [5.41, 5.74) is 1.41. The lowest BCUT2D eigenvalue weighted by atomic mass is 9.97. The summed E-state index contributed by atoms with van der Waals surface area (Å²) in [4.78, 5) is 23.9. The Morgan fingerprint density at radius 2 is 1.84 bits per heavy atom. The van der Waals surface area contributed by atoms with Crippen molar-refractivity contribution in [2.75, 3.05) is 6.54 Å². The molecule has 2 atom stereocenters. The molecule has 0 radical (unpaired) electrons. The van der Waals surface area contributed by atoms with Gasteiger partial charge in [-0.25, -0.2) is 4.39 Å². The Morgan fingerprint density at radius 3 is 2.44 bits per heavy atom. The zero-order valence-electron chi connectivity index (χ0n) is 13.1. The van der Waals surface area contributed by atoms with Crippen molar-refractivity contribution < 1.29 is 14.0 Å². The van der Waals surface area contributed by atoms with Crippen molar-refractivity contribution in [1.29, 1.82) is 0 Å². The first-order valence-corrected chi connectivity index (χ1v) is 8.47. The van der Waals surface area contributed by atoms with Crippen LogP contribution < -0.4 is 10.6 Å². The van der Waals surface area contributed by atoms with E-state index in [2.05, 4.69) is 10.6 Å². The molecule has 0 aliphatic carbocycles. The van der Waals surface area contributed by atoms with Gasteiger partial charge in [-0.3, -0.25) is 9.59 Å². The zero-order chi connectivity index (χ0) is 18.0. The van der Waals surface area contributed by atoms with Gasteiger partial charge in [-0.1, -0.05) is 41.4 Å². The first kappa shape index (κ1) is 17.7. The summed E-state index contributed by atoms with van der Waals surface area (Å²) < 4.78 is 13.5. The van der Waals surface area contributed by atoms with Gasteiger partial charge in [-0.2, -0.15) is 0 Å². The van der Waals surface area contributed by atoms with Gasteiger partial charge in [-0.05, 0) is 35.4 Å². The van der Waals surface area contributed by atoms with Crippen LogP contribution in [-0.4, -0.2) is 18.4 Å². The largest absolute Gasteiger partial charge is 0.355 e. The average molecular weight is 381 g/mol. The highest BCUT2D eigenvalue weighted by Crippen LogP contribution is 2.27. The number of hydrogen-bond acceptors (Lipinski definition) is 2. The van der Waals surface area contributed by atoms with Crippen molar-refractivity contribution in [2.45, 2.75) is 12.5 Å². The van der Waals surface area contributed by atoms with Crippen LogP contribution in [0.5, 0.6) is 0 Å². The topological polar surface area (TPSA) is 58.2 Å². The van der Waals surface area contributed by atoms with E-state index in [4.69, 9.17) is 23.2 Å². The first-order chi connectivity index (χ1) is 11.9. The maximum atomic E-state index is 13.5. The molecular weight excluding hydrogens is 366 g/mol. The van der Waals surface area contributed by atoms with Crippen LogP contribution >= 0.6 is 23.2 Å². The van der Waals surface area contributed by atoms with Gasteiger partial charge in [0.1, 0.15) is 5.82 Å². The van der Waals surface area contributed by atoms with Crippen LogP contribution in [0, 0.1) is 11.7 Å². The van der Waals surface area contributed by atoms with Gasteiger partial charge in [0.15, 0.2) is 0 Å². The van der Waals surface area contributed by atoms with Crippen LogP contribution in [0.15, 0.2) is 42.5 Å². The minimum Gasteiger partial charge on any atom is -0.355 e. The van der Waals surface area contributed by atoms with Gasteiger partial charge in [0.05, 0.1) is 17.0 Å². The highest BCUT2D eigenvalue weighted by Gasteiger charge is 2.30. The van der Waals surface area contributed by atoms with Crippen LogP contribution in [0.2, 0.25) is 10.0 Å². The lowest BCUT2D eigenvalue weighted by Gasteiger charge is -2.22. The normalized spacial score (nSPS) is 17.9. The Balaban J connectivity index is 1.91. The average Bonchev–Trinajstić information content (AvgIpc) is 3.03. The summed E-state index contributed by atoms with van der Waals surface area (Å²) in [5, 5.41) is 6.10. The van der Waals surface area contributed by atoms with Crippen molar-refractivity contribution in [3.8, 4) is 0 Å². The summed E-state index contributed by atoms with van der Waals surface area (Å²) in [6.45, 7) is 0.308. The number of carbonyl (C=O) groups excluding carboxylic acids is 2. The van der Waals surface area contributed by atoms with E-state index >= 15 is 0 Å². The lowest BCUT2D eigenvalue weighted by molar-refractivity contribution is -0.126. The molecule has 1 aliphatic rings. The van der Waals surface area contributed by atoms with E-state index in [9.17, 15) is 14.0 Å². The molecule has 4 nitrogen and oxygen atoms in total. The third-order valence-corrected chi connectivity index (χ3v) is 4.66. The second-order valence-corrected chi connectivity index (χ2v) is 6.72. The maximum Gasteiger partial charge on any atom is 0.226 e. The Morgan fingerprint density at radius 1 is 1.16 bits per heavy atom. The highest BCUT2D eigenvalue weighted by molar-refractivity contribution is 6.31. The van der Waals surface area contributed by atoms with E-state index in [-0.39, 0.29) is 23.3 Å².